The zero-order valence-electron chi connectivity index (χ0n) is 10.8. The third kappa shape index (κ3) is 2.05. The lowest BCUT2D eigenvalue weighted by molar-refractivity contribution is -0.196. The van der Waals surface area contributed by atoms with E-state index in [0.717, 1.165) is 0 Å². The number of halogens is 1. The molecule has 2 unspecified atom stereocenters. The van der Waals surface area contributed by atoms with Crippen LogP contribution >= 0.6 is 0 Å². The monoisotopic (exact) mass is 252 g/mol. The smallest absolute Gasteiger partial charge is 0.123 e. The van der Waals surface area contributed by atoms with Crippen LogP contribution in [0.25, 0.3) is 0 Å². The Morgan fingerprint density at radius 1 is 1.39 bits per heavy atom. The van der Waals surface area contributed by atoms with Crippen molar-refractivity contribution < 1.29 is 14.2 Å². The number of methoxy groups -OCH3 is 1. The van der Waals surface area contributed by atoms with Gasteiger partial charge in [-0.2, -0.15) is 0 Å². The maximum absolute atomic E-state index is 13.0. The fourth-order valence-electron chi connectivity index (χ4n) is 2.63. The third-order valence-corrected chi connectivity index (χ3v) is 3.96. The summed E-state index contributed by atoms with van der Waals surface area (Å²) in [5.41, 5.74) is -1.20. The molecule has 1 aromatic carbocycles. The predicted molar refractivity (Wildman–Crippen MR) is 67.3 cm³/mol. The van der Waals surface area contributed by atoms with E-state index >= 15 is 0 Å². The van der Waals surface area contributed by atoms with Crippen molar-refractivity contribution in [2.45, 2.75) is 24.5 Å². The number of rotatable bonds is 2. The van der Waals surface area contributed by atoms with Crippen LogP contribution in [0.2, 0.25) is 0 Å². The van der Waals surface area contributed by atoms with Gasteiger partial charge in [0.05, 0.1) is 0 Å². The Bertz CT molecular complexity index is 422. The molecule has 3 nitrogen and oxygen atoms in total. The number of aliphatic hydroxyl groups is 1. The first-order valence-corrected chi connectivity index (χ1v) is 6.00. The van der Waals surface area contributed by atoms with Gasteiger partial charge in [-0.05, 0) is 37.6 Å². The van der Waals surface area contributed by atoms with Gasteiger partial charge in [-0.15, -0.1) is 0 Å². The molecule has 2 atom stereocenters. The Kier molecular flexibility index (Phi) is 3.45. The Balaban J connectivity index is 2.41. The molecule has 1 aliphatic heterocycles. The molecule has 0 radical (unpaired) electrons. The van der Waals surface area contributed by atoms with Gasteiger partial charge < -0.3 is 14.7 Å². The van der Waals surface area contributed by atoms with Crippen LogP contribution in [0.3, 0.4) is 0 Å². The van der Waals surface area contributed by atoms with Crippen LogP contribution in [-0.4, -0.2) is 35.8 Å². The molecule has 1 heterocycles. The quantitative estimate of drug-likeness (QED) is 0.816. The molecule has 1 aromatic rings. The SMILES string of the molecule is [CH2-]N1CCC(O)(c2ccc(F)cc2)C(C)(OC)C1. The summed E-state index contributed by atoms with van der Waals surface area (Å²) in [4.78, 5) is 1.88. The zero-order chi connectivity index (χ0) is 13.4. The van der Waals surface area contributed by atoms with Gasteiger partial charge in [-0.1, -0.05) is 12.1 Å². The van der Waals surface area contributed by atoms with Crippen LogP contribution in [0, 0.1) is 12.9 Å². The standard InChI is InChI=1S/C14H19FNO2/c1-13(18-3)10-16(2)9-8-14(13,17)11-4-6-12(15)7-5-11/h4-7,17H,2,8-10H2,1,3H3/q-1. The fraction of sp³-hybridized carbons (Fsp3) is 0.500. The summed E-state index contributed by atoms with van der Waals surface area (Å²) < 4.78 is 18.5. The number of hydrogen-bond acceptors (Lipinski definition) is 3. The summed E-state index contributed by atoms with van der Waals surface area (Å²) in [6.07, 6.45) is 0.506. The van der Waals surface area contributed by atoms with Gasteiger partial charge in [0.25, 0.3) is 0 Å². The minimum Gasteiger partial charge on any atom is -0.457 e. The number of likely N-dealkylation sites (tertiary alicyclic amines) is 1. The van der Waals surface area contributed by atoms with Crippen LogP contribution in [-0.2, 0) is 10.3 Å². The van der Waals surface area contributed by atoms with Crippen LogP contribution in [0.4, 0.5) is 4.39 Å². The lowest BCUT2D eigenvalue weighted by Crippen LogP contribution is -2.61. The zero-order valence-corrected chi connectivity index (χ0v) is 10.8. The van der Waals surface area contributed by atoms with E-state index in [1.807, 2.05) is 11.8 Å². The van der Waals surface area contributed by atoms with Gasteiger partial charge in [0.1, 0.15) is 17.0 Å². The van der Waals surface area contributed by atoms with Gasteiger partial charge in [0.2, 0.25) is 0 Å². The van der Waals surface area contributed by atoms with E-state index in [9.17, 15) is 9.50 Å². The largest absolute Gasteiger partial charge is 0.457 e. The Morgan fingerprint density at radius 3 is 2.56 bits per heavy atom. The van der Waals surface area contributed by atoms with Crippen molar-refractivity contribution in [3.63, 3.8) is 0 Å². The van der Waals surface area contributed by atoms with E-state index in [2.05, 4.69) is 7.05 Å². The molecular formula is C14H19FNO2-. The van der Waals surface area contributed by atoms with E-state index < -0.39 is 11.2 Å². The Morgan fingerprint density at radius 2 is 2.00 bits per heavy atom. The molecule has 0 saturated carbocycles. The van der Waals surface area contributed by atoms with Crippen molar-refractivity contribution in [2.75, 3.05) is 20.2 Å². The van der Waals surface area contributed by atoms with E-state index in [1.165, 1.54) is 12.1 Å². The summed E-state index contributed by atoms with van der Waals surface area (Å²) >= 11 is 0. The average Bonchev–Trinajstić information content (AvgIpc) is 2.35. The Hall–Kier alpha value is -0.970. The third-order valence-electron chi connectivity index (χ3n) is 3.96. The molecule has 1 N–H and O–H groups in total. The highest BCUT2D eigenvalue weighted by atomic mass is 19.1. The van der Waals surface area contributed by atoms with E-state index in [-0.39, 0.29) is 5.82 Å². The molecule has 1 fully saturated rings. The van der Waals surface area contributed by atoms with Crippen molar-refractivity contribution in [3.05, 3.63) is 42.7 Å². The van der Waals surface area contributed by atoms with Gasteiger partial charge >= 0.3 is 0 Å². The van der Waals surface area contributed by atoms with E-state index in [4.69, 9.17) is 4.74 Å². The summed E-state index contributed by atoms with van der Waals surface area (Å²) in [5.74, 6) is -0.309. The molecule has 0 aliphatic carbocycles. The average molecular weight is 252 g/mol. The summed E-state index contributed by atoms with van der Waals surface area (Å²) in [6, 6.07) is 5.95. The van der Waals surface area contributed by atoms with Crippen molar-refractivity contribution in [2.24, 2.45) is 0 Å². The Labute approximate surface area is 107 Å². The van der Waals surface area contributed by atoms with E-state index in [0.29, 0.717) is 25.1 Å². The number of ether oxygens (including phenoxy) is 1. The summed E-state index contributed by atoms with van der Waals surface area (Å²) in [7, 11) is 5.47. The second kappa shape index (κ2) is 4.61. The minimum absolute atomic E-state index is 0.309. The first-order valence-electron chi connectivity index (χ1n) is 6.00. The molecular weight excluding hydrogens is 233 g/mol. The minimum atomic E-state index is -1.12. The molecule has 1 aliphatic rings. The maximum atomic E-state index is 13.0. The lowest BCUT2D eigenvalue weighted by Gasteiger charge is -2.53. The normalized spacial score (nSPS) is 33.6. The molecule has 0 bridgehead atoms. The molecule has 18 heavy (non-hydrogen) atoms. The lowest BCUT2D eigenvalue weighted by atomic mass is 9.73. The second-order valence-electron chi connectivity index (χ2n) is 5.10. The van der Waals surface area contributed by atoms with Crippen molar-refractivity contribution >= 4 is 0 Å². The highest BCUT2D eigenvalue weighted by Crippen LogP contribution is 2.42. The van der Waals surface area contributed by atoms with Crippen LogP contribution < -0.4 is 0 Å². The highest BCUT2D eigenvalue weighted by molar-refractivity contribution is 5.28. The van der Waals surface area contributed by atoms with Crippen molar-refractivity contribution in [3.8, 4) is 0 Å². The highest BCUT2D eigenvalue weighted by Gasteiger charge is 2.50. The molecule has 0 aromatic heterocycles. The van der Waals surface area contributed by atoms with Crippen molar-refractivity contribution in [1.29, 1.82) is 0 Å². The van der Waals surface area contributed by atoms with Gasteiger partial charge in [0, 0.05) is 13.7 Å². The summed E-state index contributed by atoms with van der Waals surface area (Å²) in [6.45, 7) is 3.05. The van der Waals surface area contributed by atoms with Crippen molar-refractivity contribution in [1.82, 2.24) is 4.90 Å². The molecule has 4 heteroatoms. The van der Waals surface area contributed by atoms with Crippen LogP contribution in [0.1, 0.15) is 18.9 Å². The number of nitrogens with zero attached hydrogens (tertiary/aromatic N) is 1. The van der Waals surface area contributed by atoms with Crippen LogP contribution in [0.15, 0.2) is 24.3 Å². The molecule has 0 spiro atoms. The fourth-order valence-corrected chi connectivity index (χ4v) is 2.63. The van der Waals surface area contributed by atoms with Gasteiger partial charge in [-0.25, -0.2) is 4.39 Å². The first kappa shape index (κ1) is 13.5. The van der Waals surface area contributed by atoms with Crippen LogP contribution in [0.5, 0.6) is 0 Å². The molecule has 2 rings (SSSR count). The number of hydrogen-bond donors (Lipinski definition) is 1. The molecule has 100 valence electrons. The number of benzene rings is 1. The molecule has 1 saturated heterocycles. The maximum Gasteiger partial charge on any atom is 0.123 e. The van der Waals surface area contributed by atoms with Gasteiger partial charge in [-0.3, -0.25) is 7.05 Å². The number of piperidine rings is 1. The summed E-state index contributed by atoms with van der Waals surface area (Å²) in [5, 5.41) is 11.0. The van der Waals surface area contributed by atoms with E-state index in [1.54, 1.807) is 19.2 Å². The van der Waals surface area contributed by atoms with Gasteiger partial charge in [0.15, 0.2) is 0 Å². The predicted octanol–water partition coefficient (Wildman–Crippen LogP) is 1.92. The topological polar surface area (TPSA) is 32.7 Å². The first-order chi connectivity index (χ1) is 8.41. The molecule has 0 amide bonds. The second-order valence-corrected chi connectivity index (χ2v) is 5.10.